The molecule has 0 radical (unpaired) electrons. The van der Waals surface area contributed by atoms with Gasteiger partial charge in [-0.2, -0.15) is 0 Å². The van der Waals surface area contributed by atoms with Crippen molar-refractivity contribution in [3.8, 4) is 0 Å². The minimum atomic E-state index is -2.81. The summed E-state index contributed by atoms with van der Waals surface area (Å²) in [4.78, 5) is 2.51. The topological polar surface area (TPSA) is 42.2 Å². The van der Waals surface area contributed by atoms with Gasteiger partial charge in [-0.1, -0.05) is 0 Å². The second-order valence-corrected chi connectivity index (χ2v) is 4.13. The fourth-order valence-corrected chi connectivity index (χ4v) is 1.76. The number of nitrogens with zero attached hydrogens (tertiary/aromatic N) is 2. The highest BCUT2D eigenvalue weighted by molar-refractivity contribution is 7.05. The molecule has 0 aliphatic rings. The van der Waals surface area contributed by atoms with Gasteiger partial charge < -0.3 is 5.73 Å². The van der Waals surface area contributed by atoms with Crippen molar-refractivity contribution in [1.82, 2.24) is 9.27 Å². The molecular formula is C8H13F2N3S. The molecular weight excluding hydrogens is 208 g/mol. The smallest absolute Gasteiger partial charge is 0.272 e. The fraction of sp³-hybridized carbons (Fsp3) is 0.625. The van der Waals surface area contributed by atoms with Crippen molar-refractivity contribution in [2.24, 2.45) is 5.73 Å². The summed E-state index contributed by atoms with van der Waals surface area (Å²) in [5.74, 6) is -2.81. The number of alkyl halides is 2. The predicted molar refractivity (Wildman–Crippen MR) is 52.4 cm³/mol. The number of rotatable bonds is 5. The van der Waals surface area contributed by atoms with Crippen molar-refractivity contribution in [2.45, 2.75) is 12.5 Å². The van der Waals surface area contributed by atoms with Gasteiger partial charge in [0.05, 0.1) is 13.1 Å². The third-order valence-electron chi connectivity index (χ3n) is 1.72. The van der Waals surface area contributed by atoms with Crippen molar-refractivity contribution < 1.29 is 8.78 Å². The van der Waals surface area contributed by atoms with Crippen LogP contribution in [0.25, 0.3) is 0 Å². The SMILES string of the molecule is CN(Cc1ccns1)CC(F)(F)CN. The molecule has 0 aromatic carbocycles. The Kier molecular flexibility index (Phi) is 3.91. The van der Waals surface area contributed by atoms with E-state index in [1.165, 1.54) is 11.5 Å². The molecule has 80 valence electrons. The molecule has 0 unspecified atom stereocenters. The number of hydrogen-bond acceptors (Lipinski definition) is 4. The van der Waals surface area contributed by atoms with Gasteiger partial charge in [0.1, 0.15) is 0 Å². The lowest BCUT2D eigenvalue weighted by Gasteiger charge is -2.21. The zero-order chi connectivity index (χ0) is 10.6. The highest BCUT2D eigenvalue weighted by Gasteiger charge is 2.28. The van der Waals surface area contributed by atoms with Crippen molar-refractivity contribution in [1.29, 1.82) is 0 Å². The molecule has 0 fully saturated rings. The summed E-state index contributed by atoms with van der Waals surface area (Å²) >= 11 is 1.32. The maximum atomic E-state index is 12.9. The molecule has 1 aromatic rings. The Labute approximate surface area is 85.7 Å². The Morgan fingerprint density at radius 2 is 2.36 bits per heavy atom. The first-order chi connectivity index (χ1) is 6.53. The van der Waals surface area contributed by atoms with Crippen molar-refractivity contribution >= 4 is 11.5 Å². The summed E-state index contributed by atoms with van der Waals surface area (Å²) in [7, 11) is 1.64. The second kappa shape index (κ2) is 4.77. The summed E-state index contributed by atoms with van der Waals surface area (Å²) in [5, 5.41) is 0. The van der Waals surface area contributed by atoms with Gasteiger partial charge >= 0.3 is 0 Å². The standard InChI is InChI=1S/C8H13F2N3S/c1-13(6-8(9,10)5-11)4-7-2-3-12-14-7/h2-3H,4-6,11H2,1H3. The van der Waals surface area contributed by atoms with Crippen molar-refractivity contribution in [3.05, 3.63) is 17.1 Å². The van der Waals surface area contributed by atoms with Gasteiger partial charge in [-0.3, -0.25) is 4.90 Å². The molecule has 3 nitrogen and oxygen atoms in total. The first-order valence-corrected chi connectivity index (χ1v) is 4.97. The summed E-state index contributed by atoms with van der Waals surface area (Å²) in [6.45, 7) is -0.443. The van der Waals surface area contributed by atoms with E-state index in [4.69, 9.17) is 5.73 Å². The van der Waals surface area contributed by atoms with Crippen LogP contribution >= 0.6 is 11.5 Å². The largest absolute Gasteiger partial charge is 0.325 e. The summed E-state index contributed by atoms with van der Waals surface area (Å²) in [5.41, 5.74) is 4.94. The lowest BCUT2D eigenvalue weighted by atomic mass is 10.3. The van der Waals surface area contributed by atoms with Crippen LogP contribution in [0.5, 0.6) is 0 Å². The van der Waals surface area contributed by atoms with Crippen LogP contribution in [0.2, 0.25) is 0 Å². The summed E-state index contributed by atoms with van der Waals surface area (Å²) in [6, 6.07) is 1.82. The van der Waals surface area contributed by atoms with Crippen LogP contribution in [-0.4, -0.2) is 35.3 Å². The normalized spacial score (nSPS) is 12.4. The number of nitrogens with two attached hydrogens (primary N) is 1. The molecule has 0 aliphatic carbocycles. The van der Waals surface area contributed by atoms with E-state index in [0.717, 1.165) is 4.88 Å². The van der Waals surface area contributed by atoms with Gasteiger partial charge in [-0.25, -0.2) is 13.2 Å². The van der Waals surface area contributed by atoms with Crippen LogP contribution in [0.3, 0.4) is 0 Å². The molecule has 0 saturated carbocycles. The lowest BCUT2D eigenvalue weighted by molar-refractivity contribution is -0.0189. The zero-order valence-electron chi connectivity index (χ0n) is 7.91. The fourth-order valence-electron chi connectivity index (χ4n) is 1.11. The lowest BCUT2D eigenvalue weighted by Crippen LogP contribution is -2.39. The molecule has 1 rings (SSSR count). The van der Waals surface area contributed by atoms with Gasteiger partial charge in [0, 0.05) is 17.6 Å². The average Bonchev–Trinajstić information content (AvgIpc) is 2.55. The summed E-state index contributed by atoms with van der Waals surface area (Å²) < 4.78 is 29.6. The Morgan fingerprint density at radius 3 is 2.86 bits per heavy atom. The van der Waals surface area contributed by atoms with E-state index < -0.39 is 12.5 Å². The first kappa shape index (κ1) is 11.5. The average molecular weight is 221 g/mol. The van der Waals surface area contributed by atoms with E-state index in [-0.39, 0.29) is 6.54 Å². The molecule has 1 heterocycles. The third kappa shape index (κ3) is 3.65. The molecule has 2 N–H and O–H groups in total. The molecule has 1 aromatic heterocycles. The van der Waals surface area contributed by atoms with Crippen LogP contribution in [0.1, 0.15) is 4.88 Å². The molecule has 6 heteroatoms. The minimum absolute atomic E-state index is 0.318. The molecule has 0 bridgehead atoms. The Morgan fingerprint density at radius 1 is 1.64 bits per heavy atom. The van der Waals surface area contributed by atoms with E-state index in [2.05, 4.69) is 4.37 Å². The highest BCUT2D eigenvalue weighted by Crippen LogP contribution is 2.15. The predicted octanol–water partition coefficient (Wildman–Crippen LogP) is 1.17. The van der Waals surface area contributed by atoms with Crippen LogP contribution in [0.4, 0.5) is 8.78 Å². The van der Waals surface area contributed by atoms with E-state index >= 15 is 0 Å². The van der Waals surface area contributed by atoms with Crippen LogP contribution in [-0.2, 0) is 6.54 Å². The van der Waals surface area contributed by atoms with Gasteiger partial charge in [-0.05, 0) is 24.6 Å². The monoisotopic (exact) mass is 221 g/mol. The van der Waals surface area contributed by atoms with E-state index in [0.29, 0.717) is 6.54 Å². The Balaban J connectivity index is 2.40. The third-order valence-corrected chi connectivity index (χ3v) is 2.44. The van der Waals surface area contributed by atoms with E-state index in [9.17, 15) is 8.78 Å². The van der Waals surface area contributed by atoms with Crippen molar-refractivity contribution in [3.63, 3.8) is 0 Å². The molecule has 0 amide bonds. The Hall–Kier alpha value is -0.590. The summed E-state index contributed by atoms with van der Waals surface area (Å²) in [6.07, 6.45) is 1.66. The van der Waals surface area contributed by atoms with Gasteiger partial charge in [-0.15, -0.1) is 0 Å². The van der Waals surface area contributed by atoms with Crippen LogP contribution in [0.15, 0.2) is 12.3 Å². The zero-order valence-corrected chi connectivity index (χ0v) is 8.73. The number of aromatic nitrogens is 1. The van der Waals surface area contributed by atoms with E-state index in [1.54, 1.807) is 18.1 Å². The van der Waals surface area contributed by atoms with E-state index in [1.807, 2.05) is 6.07 Å². The van der Waals surface area contributed by atoms with Gasteiger partial charge in [0.15, 0.2) is 0 Å². The minimum Gasteiger partial charge on any atom is -0.325 e. The van der Waals surface area contributed by atoms with Crippen LogP contribution in [0, 0.1) is 0 Å². The highest BCUT2D eigenvalue weighted by atomic mass is 32.1. The maximum absolute atomic E-state index is 12.9. The molecule has 0 saturated heterocycles. The molecule has 0 atom stereocenters. The number of hydrogen-bond donors (Lipinski definition) is 1. The van der Waals surface area contributed by atoms with Gasteiger partial charge in [0.25, 0.3) is 5.92 Å². The molecule has 0 spiro atoms. The van der Waals surface area contributed by atoms with Crippen LogP contribution < -0.4 is 5.73 Å². The number of halogens is 2. The first-order valence-electron chi connectivity index (χ1n) is 4.19. The molecule has 0 aliphatic heterocycles. The van der Waals surface area contributed by atoms with Gasteiger partial charge in [0.2, 0.25) is 0 Å². The quantitative estimate of drug-likeness (QED) is 0.811. The van der Waals surface area contributed by atoms with Crippen molar-refractivity contribution in [2.75, 3.05) is 20.1 Å². The molecule has 14 heavy (non-hydrogen) atoms. The Bertz CT molecular complexity index is 264. The maximum Gasteiger partial charge on any atom is 0.272 e. The second-order valence-electron chi connectivity index (χ2n) is 3.21.